The van der Waals surface area contributed by atoms with E-state index in [4.69, 9.17) is 9.26 Å². The highest BCUT2D eigenvalue weighted by Crippen LogP contribution is 2.25. The van der Waals surface area contributed by atoms with Crippen LogP contribution in [0.1, 0.15) is 12.6 Å². The van der Waals surface area contributed by atoms with Gasteiger partial charge in [-0.2, -0.15) is 0 Å². The maximum Gasteiger partial charge on any atom is 0.124 e. The molecule has 1 aromatic heterocycles. The fourth-order valence-corrected chi connectivity index (χ4v) is 1.37. The van der Waals surface area contributed by atoms with E-state index in [9.17, 15) is 0 Å². The molecule has 0 saturated carbocycles. The van der Waals surface area contributed by atoms with Crippen molar-refractivity contribution in [1.82, 2.24) is 10.5 Å². The monoisotopic (exact) mass is 182 g/mol. The van der Waals surface area contributed by atoms with Gasteiger partial charge >= 0.3 is 0 Å². The maximum absolute atomic E-state index is 5.15. The molecule has 1 aliphatic heterocycles. The van der Waals surface area contributed by atoms with E-state index >= 15 is 0 Å². The van der Waals surface area contributed by atoms with Crippen LogP contribution in [-0.2, 0) is 11.3 Å². The highest BCUT2D eigenvalue weighted by atomic mass is 16.5. The van der Waals surface area contributed by atoms with E-state index in [-0.39, 0.29) is 0 Å². The lowest BCUT2D eigenvalue weighted by Gasteiger charge is -2.38. The van der Waals surface area contributed by atoms with Crippen molar-refractivity contribution in [2.45, 2.75) is 13.5 Å². The van der Waals surface area contributed by atoms with Gasteiger partial charge in [0.15, 0.2) is 0 Å². The number of nitrogens with zero attached hydrogens (tertiary/aromatic N) is 1. The standard InChI is InChI=1S/C9H14N2O2/c1-9(6-12-7-9)5-10-4-8-2-3-13-11-8/h2-3,10H,4-7H2,1H3. The molecule has 13 heavy (non-hydrogen) atoms. The van der Waals surface area contributed by atoms with E-state index in [1.807, 2.05) is 6.07 Å². The van der Waals surface area contributed by atoms with Crippen LogP contribution in [0.5, 0.6) is 0 Å². The number of hydrogen-bond acceptors (Lipinski definition) is 4. The Balaban J connectivity index is 1.69. The van der Waals surface area contributed by atoms with Gasteiger partial charge in [-0.15, -0.1) is 0 Å². The summed E-state index contributed by atoms with van der Waals surface area (Å²) in [4.78, 5) is 0. The van der Waals surface area contributed by atoms with E-state index in [1.54, 1.807) is 6.26 Å². The van der Waals surface area contributed by atoms with E-state index < -0.39 is 0 Å². The van der Waals surface area contributed by atoms with Crippen LogP contribution in [0.3, 0.4) is 0 Å². The first-order chi connectivity index (χ1) is 6.29. The van der Waals surface area contributed by atoms with Gasteiger partial charge in [-0.25, -0.2) is 0 Å². The smallest absolute Gasteiger partial charge is 0.124 e. The van der Waals surface area contributed by atoms with Gasteiger partial charge in [0, 0.05) is 24.6 Å². The number of hydrogen-bond donors (Lipinski definition) is 1. The van der Waals surface area contributed by atoms with Crippen LogP contribution < -0.4 is 5.32 Å². The summed E-state index contributed by atoms with van der Waals surface area (Å²) in [5.74, 6) is 0. The quantitative estimate of drug-likeness (QED) is 0.748. The maximum atomic E-state index is 5.15. The predicted molar refractivity (Wildman–Crippen MR) is 47.1 cm³/mol. The molecule has 0 unspecified atom stereocenters. The summed E-state index contributed by atoms with van der Waals surface area (Å²) in [6.45, 7) is 5.68. The van der Waals surface area contributed by atoms with Gasteiger partial charge in [0.1, 0.15) is 6.26 Å². The highest BCUT2D eigenvalue weighted by Gasteiger charge is 2.32. The van der Waals surface area contributed by atoms with Crippen molar-refractivity contribution in [1.29, 1.82) is 0 Å². The minimum Gasteiger partial charge on any atom is -0.380 e. The lowest BCUT2D eigenvalue weighted by Crippen LogP contribution is -2.47. The molecule has 72 valence electrons. The first kappa shape index (κ1) is 8.72. The molecule has 0 aromatic carbocycles. The molecule has 2 rings (SSSR count). The molecule has 0 aliphatic carbocycles. The number of nitrogens with one attached hydrogen (secondary N) is 1. The van der Waals surface area contributed by atoms with Gasteiger partial charge in [-0.1, -0.05) is 12.1 Å². The molecule has 1 aromatic rings. The van der Waals surface area contributed by atoms with Gasteiger partial charge < -0.3 is 14.6 Å². The second-order valence-corrected chi connectivity index (χ2v) is 3.90. The third-order valence-electron chi connectivity index (χ3n) is 2.25. The second kappa shape index (κ2) is 3.47. The van der Waals surface area contributed by atoms with Gasteiger partial charge in [0.05, 0.1) is 18.9 Å². The molecule has 0 atom stereocenters. The highest BCUT2D eigenvalue weighted by molar-refractivity contribution is 4.95. The molecule has 4 nitrogen and oxygen atoms in total. The van der Waals surface area contributed by atoms with Crippen LogP contribution in [0.2, 0.25) is 0 Å². The molecule has 0 radical (unpaired) electrons. The first-order valence-corrected chi connectivity index (χ1v) is 4.46. The van der Waals surface area contributed by atoms with Crippen molar-refractivity contribution in [2.24, 2.45) is 5.41 Å². The van der Waals surface area contributed by atoms with E-state index in [0.29, 0.717) is 5.41 Å². The van der Waals surface area contributed by atoms with Crippen molar-refractivity contribution < 1.29 is 9.26 Å². The van der Waals surface area contributed by atoms with Crippen LogP contribution in [0.4, 0.5) is 0 Å². The van der Waals surface area contributed by atoms with E-state index in [1.165, 1.54) is 0 Å². The molecule has 1 saturated heterocycles. The zero-order valence-corrected chi connectivity index (χ0v) is 7.75. The van der Waals surface area contributed by atoms with Crippen molar-refractivity contribution in [3.05, 3.63) is 18.0 Å². The molecule has 2 heterocycles. The Morgan fingerprint density at radius 1 is 1.62 bits per heavy atom. The topological polar surface area (TPSA) is 47.3 Å². The Morgan fingerprint density at radius 3 is 3.00 bits per heavy atom. The molecule has 1 fully saturated rings. The zero-order valence-electron chi connectivity index (χ0n) is 7.75. The molecule has 4 heteroatoms. The summed E-state index contributed by atoms with van der Waals surface area (Å²) in [7, 11) is 0. The lowest BCUT2D eigenvalue weighted by molar-refractivity contribution is -0.0991. The van der Waals surface area contributed by atoms with Crippen LogP contribution in [0, 0.1) is 5.41 Å². The van der Waals surface area contributed by atoms with Gasteiger partial charge in [-0.3, -0.25) is 0 Å². The van der Waals surface area contributed by atoms with Crippen LogP contribution >= 0.6 is 0 Å². The summed E-state index contributed by atoms with van der Waals surface area (Å²) in [6.07, 6.45) is 1.59. The molecule has 1 aliphatic rings. The van der Waals surface area contributed by atoms with Crippen LogP contribution in [-0.4, -0.2) is 24.9 Å². The van der Waals surface area contributed by atoms with Crippen molar-refractivity contribution >= 4 is 0 Å². The van der Waals surface area contributed by atoms with E-state index in [2.05, 4.69) is 17.4 Å². The molecule has 0 spiro atoms. The Bertz CT molecular complexity index is 255. The second-order valence-electron chi connectivity index (χ2n) is 3.90. The van der Waals surface area contributed by atoms with Crippen LogP contribution in [0.15, 0.2) is 16.9 Å². The summed E-state index contributed by atoms with van der Waals surface area (Å²) in [5, 5.41) is 7.14. The summed E-state index contributed by atoms with van der Waals surface area (Å²) < 4.78 is 9.87. The van der Waals surface area contributed by atoms with Gasteiger partial charge in [-0.05, 0) is 0 Å². The minimum absolute atomic E-state index is 0.323. The number of ether oxygens (including phenoxy) is 1. The Kier molecular flexibility index (Phi) is 2.33. The van der Waals surface area contributed by atoms with Crippen molar-refractivity contribution in [2.75, 3.05) is 19.8 Å². The number of rotatable bonds is 4. The molecule has 0 bridgehead atoms. The molecular formula is C9H14N2O2. The van der Waals surface area contributed by atoms with Gasteiger partial charge in [0.2, 0.25) is 0 Å². The predicted octanol–water partition coefficient (Wildman–Crippen LogP) is 0.801. The molecular weight excluding hydrogens is 168 g/mol. The Hall–Kier alpha value is -0.870. The largest absolute Gasteiger partial charge is 0.380 e. The normalized spacial score (nSPS) is 19.8. The first-order valence-electron chi connectivity index (χ1n) is 4.46. The van der Waals surface area contributed by atoms with E-state index in [0.717, 1.165) is 32.0 Å². The van der Waals surface area contributed by atoms with Crippen molar-refractivity contribution in [3.8, 4) is 0 Å². The van der Waals surface area contributed by atoms with Gasteiger partial charge in [0.25, 0.3) is 0 Å². The minimum atomic E-state index is 0.323. The lowest BCUT2D eigenvalue weighted by atomic mass is 9.89. The third-order valence-corrected chi connectivity index (χ3v) is 2.25. The summed E-state index contributed by atoms with van der Waals surface area (Å²) in [6, 6.07) is 1.87. The fourth-order valence-electron chi connectivity index (χ4n) is 1.37. The molecule has 0 amide bonds. The molecule has 1 N–H and O–H groups in total. The Morgan fingerprint density at radius 2 is 2.46 bits per heavy atom. The van der Waals surface area contributed by atoms with Crippen molar-refractivity contribution in [3.63, 3.8) is 0 Å². The average Bonchev–Trinajstić information content (AvgIpc) is 2.54. The van der Waals surface area contributed by atoms with Crippen LogP contribution in [0.25, 0.3) is 0 Å². The summed E-state index contributed by atoms with van der Waals surface area (Å²) in [5.41, 5.74) is 1.27. The average molecular weight is 182 g/mol. The number of aromatic nitrogens is 1. The summed E-state index contributed by atoms with van der Waals surface area (Å²) >= 11 is 0. The Labute approximate surface area is 77.2 Å². The SMILES string of the molecule is CC1(CNCc2ccon2)COC1. The fraction of sp³-hybridized carbons (Fsp3) is 0.667. The third kappa shape index (κ3) is 2.08. The zero-order chi connectivity index (χ0) is 9.15.